The Morgan fingerprint density at radius 1 is 1.50 bits per heavy atom. The lowest BCUT2D eigenvalue weighted by molar-refractivity contribution is 0.880. The molecule has 2 aromatic heterocycles. The van der Waals surface area contributed by atoms with Crippen LogP contribution in [-0.4, -0.2) is 15.8 Å². The molecule has 2 rings (SSSR count). The summed E-state index contributed by atoms with van der Waals surface area (Å²) in [6, 6.07) is 5.51. The van der Waals surface area contributed by atoms with Crippen molar-refractivity contribution in [3.8, 4) is 0 Å². The van der Waals surface area contributed by atoms with Gasteiger partial charge in [-0.05, 0) is 18.4 Å². The van der Waals surface area contributed by atoms with Gasteiger partial charge >= 0.3 is 0 Å². The van der Waals surface area contributed by atoms with E-state index in [0.29, 0.717) is 0 Å². The number of fused-ring (bicyclic) bond motifs is 1. The van der Waals surface area contributed by atoms with Gasteiger partial charge in [0.15, 0.2) is 0 Å². The van der Waals surface area contributed by atoms with Gasteiger partial charge in [0.25, 0.3) is 5.56 Å². The first kappa shape index (κ1) is 9.27. The molecule has 0 aliphatic heterocycles. The summed E-state index contributed by atoms with van der Waals surface area (Å²) in [5, 5.41) is 1.03. The van der Waals surface area contributed by atoms with Gasteiger partial charge in [0.1, 0.15) is 5.65 Å². The zero-order chi connectivity index (χ0) is 10.1. The Morgan fingerprint density at radius 3 is 3.00 bits per heavy atom. The molecule has 0 saturated carbocycles. The summed E-state index contributed by atoms with van der Waals surface area (Å²) in [6.45, 7) is 0. The summed E-state index contributed by atoms with van der Waals surface area (Å²) in [6.07, 6.45) is 3.66. The molecule has 0 aliphatic rings. The van der Waals surface area contributed by atoms with E-state index in [2.05, 4.69) is 4.98 Å². The number of hydrogen-bond donors (Lipinski definition) is 0. The maximum absolute atomic E-state index is 11.5. The van der Waals surface area contributed by atoms with E-state index in [9.17, 15) is 4.79 Å². The number of rotatable bonds is 1. The van der Waals surface area contributed by atoms with Crippen LogP contribution >= 0.6 is 11.8 Å². The van der Waals surface area contributed by atoms with Crippen LogP contribution in [0.3, 0.4) is 0 Å². The van der Waals surface area contributed by atoms with Gasteiger partial charge in [0, 0.05) is 29.6 Å². The molecular weight excluding hydrogens is 196 g/mol. The fourth-order valence-corrected chi connectivity index (χ4v) is 2.01. The molecule has 0 saturated heterocycles. The highest BCUT2D eigenvalue weighted by atomic mass is 32.2. The van der Waals surface area contributed by atoms with Crippen molar-refractivity contribution in [3.63, 3.8) is 0 Å². The van der Waals surface area contributed by atoms with E-state index < -0.39 is 0 Å². The molecule has 4 heteroatoms. The molecule has 0 bridgehead atoms. The van der Waals surface area contributed by atoms with Crippen LogP contribution in [0.1, 0.15) is 0 Å². The molecule has 2 heterocycles. The molecule has 0 aromatic carbocycles. The summed E-state index contributed by atoms with van der Waals surface area (Å²) < 4.78 is 1.56. The molecule has 0 radical (unpaired) electrons. The van der Waals surface area contributed by atoms with E-state index in [1.165, 1.54) is 0 Å². The highest BCUT2D eigenvalue weighted by Crippen LogP contribution is 2.22. The molecule has 3 nitrogen and oxygen atoms in total. The number of pyridine rings is 2. The minimum atomic E-state index is -0.0134. The Morgan fingerprint density at radius 2 is 2.29 bits per heavy atom. The second kappa shape index (κ2) is 3.46. The van der Waals surface area contributed by atoms with Crippen molar-refractivity contribution >= 4 is 22.8 Å². The van der Waals surface area contributed by atoms with Crippen molar-refractivity contribution < 1.29 is 0 Å². The Bertz CT molecular complexity index is 533. The Kier molecular flexibility index (Phi) is 2.29. The van der Waals surface area contributed by atoms with Crippen LogP contribution in [0.5, 0.6) is 0 Å². The van der Waals surface area contributed by atoms with Crippen molar-refractivity contribution in [2.45, 2.75) is 4.90 Å². The third-order valence-corrected chi connectivity index (χ3v) is 2.95. The third-order valence-electron chi connectivity index (χ3n) is 2.17. The van der Waals surface area contributed by atoms with Gasteiger partial charge in [-0.25, -0.2) is 4.98 Å². The highest BCUT2D eigenvalue weighted by molar-refractivity contribution is 7.98. The number of nitrogens with zero attached hydrogens (tertiary/aromatic N) is 2. The molecule has 0 atom stereocenters. The highest BCUT2D eigenvalue weighted by Gasteiger charge is 2.05. The minimum Gasteiger partial charge on any atom is -0.296 e. The number of thioether (sulfide) groups is 1. The number of aromatic nitrogens is 2. The van der Waals surface area contributed by atoms with Crippen molar-refractivity contribution in [2.24, 2.45) is 7.05 Å². The van der Waals surface area contributed by atoms with E-state index in [0.717, 1.165) is 15.9 Å². The Balaban J connectivity index is 2.97. The molecule has 0 spiro atoms. The van der Waals surface area contributed by atoms with E-state index in [4.69, 9.17) is 0 Å². The molecule has 72 valence electrons. The first-order chi connectivity index (χ1) is 6.74. The second-order valence-electron chi connectivity index (χ2n) is 2.98. The average molecular weight is 206 g/mol. The Labute approximate surface area is 85.8 Å². The van der Waals surface area contributed by atoms with Gasteiger partial charge < -0.3 is 0 Å². The topological polar surface area (TPSA) is 34.9 Å². The van der Waals surface area contributed by atoms with Crippen LogP contribution in [0.25, 0.3) is 11.0 Å². The number of aryl methyl sites for hydroxylation is 1. The van der Waals surface area contributed by atoms with E-state index in [1.54, 1.807) is 35.6 Å². The summed E-state index contributed by atoms with van der Waals surface area (Å²) in [4.78, 5) is 16.7. The lowest BCUT2D eigenvalue weighted by Crippen LogP contribution is -2.16. The third kappa shape index (κ3) is 1.32. The fraction of sp³-hybridized carbons (Fsp3) is 0.200. The number of hydrogen-bond acceptors (Lipinski definition) is 3. The van der Waals surface area contributed by atoms with Crippen LogP contribution in [0.2, 0.25) is 0 Å². The summed E-state index contributed by atoms with van der Waals surface area (Å²) in [7, 11) is 1.74. The summed E-state index contributed by atoms with van der Waals surface area (Å²) in [5.41, 5.74) is 0.727. The Hall–Kier alpha value is -1.29. The standard InChI is InChI=1S/C10H10N2OS/c1-12-9(13)6-8(14-2)7-4-3-5-11-10(7)12/h3-6H,1-2H3. The monoisotopic (exact) mass is 206 g/mol. The quantitative estimate of drug-likeness (QED) is 0.665. The van der Waals surface area contributed by atoms with Crippen molar-refractivity contribution in [1.82, 2.24) is 9.55 Å². The molecule has 0 aliphatic carbocycles. The predicted octanol–water partition coefficient (Wildman–Crippen LogP) is 1.66. The average Bonchev–Trinajstić information content (AvgIpc) is 2.23. The lowest BCUT2D eigenvalue weighted by atomic mass is 10.3. The van der Waals surface area contributed by atoms with Crippen molar-refractivity contribution in [1.29, 1.82) is 0 Å². The lowest BCUT2D eigenvalue weighted by Gasteiger charge is -2.06. The summed E-state index contributed by atoms with van der Waals surface area (Å²) >= 11 is 1.57. The van der Waals surface area contributed by atoms with E-state index in [1.807, 2.05) is 18.4 Å². The van der Waals surface area contributed by atoms with Gasteiger partial charge in [-0.15, -0.1) is 11.8 Å². The van der Waals surface area contributed by atoms with Gasteiger partial charge in [0.2, 0.25) is 0 Å². The molecule has 0 N–H and O–H groups in total. The molecule has 0 unspecified atom stereocenters. The van der Waals surface area contributed by atoms with Crippen molar-refractivity contribution in [3.05, 3.63) is 34.7 Å². The smallest absolute Gasteiger partial charge is 0.253 e. The normalized spacial score (nSPS) is 10.7. The molecule has 14 heavy (non-hydrogen) atoms. The first-order valence-corrected chi connectivity index (χ1v) is 5.45. The molecule has 2 aromatic rings. The zero-order valence-electron chi connectivity index (χ0n) is 8.02. The first-order valence-electron chi connectivity index (χ1n) is 4.23. The van der Waals surface area contributed by atoms with Crippen LogP contribution in [0.15, 0.2) is 34.1 Å². The van der Waals surface area contributed by atoms with Crippen molar-refractivity contribution in [2.75, 3.05) is 6.26 Å². The molecule has 0 fully saturated rings. The minimum absolute atomic E-state index is 0.0134. The SMILES string of the molecule is CSc1cc(=O)n(C)c2ncccc12. The molecular formula is C10H10N2OS. The summed E-state index contributed by atoms with van der Waals surface area (Å²) in [5.74, 6) is 0. The zero-order valence-corrected chi connectivity index (χ0v) is 8.84. The molecule has 0 amide bonds. The van der Waals surface area contributed by atoms with Crippen LogP contribution in [0, 0.1) is 0 Å². The van der Waals surface area contributed by atoms with Crippen LogP contribution in [0.4, 0.5) is 0 Å². The van der Waals surface area contributed by atoms with E-state index in [-0.39, 0.29) is 5.56 Å². The maximum Gasteiger partial charge on any atom is 0.253 e. The van der Waals surface area contributed by atoms with E-state index >= 15 is 0 Å². The fourth-order valence-electron chi connectivity index (χ4n) is 1.42. The largest absolute Gasteiger partial charge is 0.296 e. The maximum atomic E-state index is 11.5. The second-order valence-corrected chi connectivity index (χ2v) is 3.83. The van der Waals surface area contributed by atoms with Gasteiger partial charge in [-0.3, -0.25) is 9.36 Å². The van der Waals surface area contributed by atoms with Gasteiger partial charge in [-0.1, -0.05) is 0 Å². The van der Waals surface area contributed by atoms with Gasteiger partial charge in [0.05, 0.1) is 0 Å². The predicted molar refractivity (Wildman–Crippen MR) is 58.8 cm³/mol. The van der Waals surface area contributed by atoms with Crippen LogP contribution in [-0.2, 0) is 7.05 Å². The van der Waals surface area contributed by atoms with Crippen LogP contribution < -0.4 is 5.56 Å². The van der Waals surface area contributed by atoms with Gasteiger partial charge in [-0.2, -0.15) is 0 Å².